The van der Waals surface area contributed by atoms with Crippen LogP contribution in [0.3, 0.4) is 0 Å². The molecule has 146 valence electrons. The van der Waals surface area contributed by atoms with Crippen LogP contribution in [0.5, 0.6) is 0 Å². The van der Waals surface area contributed by atoms with Gasteiger partial charge in [0.15, 0.2) is 0 Å². The lowest BCUT2D eigenvalue weighted by Crippen LogP contribution is -2.50. The molecule has 1 aromatic carbocycles. The van der Waals surface area contributed by atoms with Gasteiger partial charge in [0, 0.05) is 31.2 Å². The quantitative estimate of drug-likeness (QED) is 0.789. The van der Waals surface area contributed by atoms with Crippen molar-refractivity contribution in [2.45, 2.75) is 39.5 Å². The van der Waals surface area contributed by atoms with E-state index < -0.39 is 5.41 Å². The molecule has 0 aliphatic carbocycles. The van der Waals surface area contributed by atoms with Gasteiger partial charge in [0.05, 0.1) is 5.41 Å². The predicted molar refractivity (Wildman–Crippen MR) is 104 cm³/mol. The summed E-state index contributed by atoms with van der Waals surface area (Å²) in [5.41, 5.74) is 5.97. The van der Waals surface area contributed by atoms with Crippen molar-refractivity contribution in [3.05, 3.63) is 30.1 Å². The highest BCUT2D eigenvalue weighted by Gasteiger charge is 2.38. The topological polar surface area (TPSA) is 75.4 Å². The number of nitrogens with one attached hydrogen (secondary N) is 1. The minimum absolute atomic E-state index is 0. The number of benzene rings is 1. The molecule has 0 saturated carbocycles. The van der Waals surface area contributed by atoms with E-state index in [1.165, 1.54) is 12.1 Å². The van der Waals surface area contributed by atoms with Gasteiger partial charge in [0.2, 0.25) is 11.8 Å². The lowest BCUT2D eigenvalue weighted by molar-refractivity contribution is -0.144. The fourth-order valence-electron chi connectivity index (χ4n) is 3.39. The van der Waals surface area contributed by atoms with Gasteiger partial charge >= 0.3 is 0 Å². The van der Waals surface area contributed by atoms with Crippen LogP contribution in [0.4, 0.5) is 10.1 Å². The van der Waals surface area contributed by atoms with E-state index in [1.54, 1.807) is 12.1 Å². The van der Waals surface area contributed by atoms with Crippen LogP contribution in [-0.4, -0.2) is 36.3 Å². The van der Waals surface area contributed by atoms with Gasteiger partial charge in [-0.15, -0.1) is 12.4 Å². The Hall–Kier alpha value is -1.66. The number of hydrogen-bond donors (Lipinski definition) is 2. The average Bonchev–Trinajstić information content (AvgIpc) is 2.65. The maximum atomic E-state index is 12.9. The summed E-state index contributed by atoms with van der Waals surface area (Å²) in [5.74, 6) is -0.433. The van der Waals surface area contributed by atoms with Gasteiger partial charge in [-0.2, -0.15) is 0 Å². The SMILES string of the molecule is CCC(CC)(CN)C(=O)N1CCC(C(=O)Nc2ccc(F)cc2)CC1.Cl. The molecule has 1 fully saturated rings. The van der Waals surface area contributed by atoms with E-state index in [2.05, 4.69) is 5.32 Å². The summed E-state index contributed by atoms with van der Waals surface area (Å²) >= 11 is 0. The van der Waals surface area contributed by atoms with Gasteiger partial charge in [-0.1, -0.05) is 13.8 Å². The molecule has 26 heavy (non-hydrogen) atoms. The molecule has 0 radical (unpaired) electrons. The molecule has 7 heteroatoms. The number of likely N-dealkylation sites (tertiary alicyclic amines) is 1. The second-order valence-corrected chi connectivity index (χ2v) is 6.75. The van der Waals surface area contributed by atoms with Crippen molar-refractivity contribution in [1.29, 1.82) is 0 Å². The summed E-state index contributed by atoms with van der Waals surface area (Å²) in [6, 6.07) is 5.73. The van der Waals surface area contributed by atoms with E-state index >= 15 is 0 Å². The Morgan fingerprint density at radius 2 is 1.73 bits per heavy atom. The van der Waals surface area contributed by atoms with Crippen molar-refractivity contribution in [1.82, 2.24) is 4.90 Å². The fourth-order valence-corrected chi connectivity index (χ4v) is 3.39. The van der Waals surface area contributed by atoms with Crippen molar-refractivity contribution in [3.63, 3.8) is 0 Å². The lowest BCUT2D eigenvalue weighted by atomic mass is 9.80. The number of hydrogen-bond acceptors (Lipinski definition) is 3. The van der Waals surface area contributed by atoms with Crippen LogP contribution in [0.1, 0.15) is 39.5 Å². The zero-order valence-electron chi connectivity index (χ0n) is 15.5. The fraction of sp³-hybridized carbons (Fsp3) is 0.579. The molecule has 0 spiro atoms. The number of anilines is 1. The van der Waals surface area contributed by atoms with Crippen LogP contribution in [0.15, 0.2) is 24.3 Å². The Labute approximate surface area is 160 Å². The van der Waals surface area contributed by atoms with Crippen LogP contribution in [0, 0.1) is 17.2 Å². The molecule has 0 atom stereocenters. The normalized spacial score (nSPS) is 15.3. The van der Waals surface area contributed by atoms with Crippen molar-refractivity contribution < 1.29 is 14.0 Å². The highest BCUT2D eigenvalue weighted by Crippen LogP contribution is 2.30. The summed E-state index contributed by atoms with van der Waals surface area (Å²) < 4.78 is 12.9. The smallest absolute Gasteiger partial charge is 0.230 e. The first-order chi connectivity index (χ1) is 12.0. The Bertz CT molecular complexity index is 589. The molecule has 1 aliphatic rings. The van der Waals surface area contributed by atoms with E-state index in [0.29, 0.717) is 38.2 Å². The third-order valence-corrected chi connectivity index (χ3v) is 5.46. The molecule has 2 rings (SSSR count). The zero-order valence-corrected chi connectivity index (χ0v) is 16.3. The highest BCUT2D eigenvalue weighted by molar-refractivity contribution is 5.92. The standard InChI is InChI=1S/C19H28FN3O2.ClH/c1-3-19(4-2,13-21)18(25)23-11-9-14(10-12-23)17(24)22-16-7-5-15(20)6-8-16;/h5-8,14H,3-4,9-13,21H2,1-2H3,(H,22,24);1H. The molecular weight excluding hydrogens is 357 g/mol. The summed E-state index contributed by atoms with van der Waals surface area (Å²) in [5, 5.41) is 2.82. The van der Waals surface area contributed by atoms with Gasteiger partial charge in [-0.05, 0) is 49.9 Å². The van der Waals surface area contributed by atoms with Crippen LogP contribution in [0.2, 0.25) is 0 Å². The zero-order chi connectivity index (χ0) is 18.4. The Morgan fingerprint density at radius 1 is 1.19 bits per heavy atom. The summed E-state index contributed by atoms with van der Waals surface area (Å²) in [6.45, 7) is 5.49. The number of carbonyl (C=O) groups is 2. The van der Waals surface area contributed by atoms with Gasteiger partial charge < -0.3 is 16.0 Å². The molecule has 1 aromatic rings. The molecule has 2 amide bonds. The van der Waals surface area contributed by atoms with Gasteiger partial charge in [0.1, 0.15) is 5.82 Å². The summed E-state index contributed by atoms with van der Waals surface area (Å²) in [4.78, 5) is 27.0. The van der Waals surface area contributed by atoms with Crippen molar-refractivity contribution >= 4 is 29.9 Å². The third kappa shape index (κ3) is 4.95. The maximum absolute atomic E-state index is 12.9. The highest BCUT2D eigenvalue weighted by atomic mass is 35.5. The maximum Gasteiger partial charge on any atom is 0.230 e. The van der Waals surface area contributed by atoms with E-state index in [-0.39, 0.29) is 36.0 Å². The van der Waals surface area contributed by atoms with E-state index in [0.717, 1.165) is 12.8 Å². The minimum Gasteiger partial charge on any atom is -0.342 e. The number of rotatable bonds is 6. The lowest BCUT2D eigenvalue weighted by Gasteiger charge is -2.38. The predicted octanol–water partition coefficient (Wildman–Crippen LogP) is 3.19. The average molecular weight is 386 g/mol. The first-order valence-electron chi connectivity index (χ1n) is 9.01. The first-order valence-corrected chi connectivity index (χ1v) is 9.01. The Morgan fingerprint density at radius 3 is 2.19 bits per heavy atom. The van der Waals surface area contributed by atoms with E-state index in [9.17, 15) is 14.0 Å². The van der Waals surface area contributed by atoms with E-state index in [1.807, 2.05) is 18.7 Å². The molecule has 0 aromatic heterocycles. The molecule has 1 heterocycles. The Balaban J connectivity index is 0.00000338. The monoisotopic (exact) mass is 385 g/mol. The number of amides is 2. The molecule has 1 saturated heterocycles. The molecular formula is C19H29ClFN3O2. The number of nitrogens with two attached hydrogens (primary N) is 1. The van der Waals surface area contributed by atoms with Crippen LogP contribution in [-0.2, 0) is 9.59 Å². The third-order valence-electron chi connectivity index (χ3n) is 5.46. The van der Waals surface area contributed by atoms with Crippen LogP contribution in [0.25, 0.3) is 0 Å². The van der Waals surface area contributed by atoms with Gasteiger partial charge in [-0.25, -0.2) is 4.39 Å². The van der Waals surface area contributed by atoms with E-state index in [4.69, 9.17) is 5.73 Å². The second kappa shape index (κ2) is 9.88. The molecule has 5 nitrogen and oxygen atoms in total. The number of halogens is 2. The van der Waals surface area contributed by atoms with Gasteiger partial charge in [0.25, 0.3) is 0 Å². The summed E-state index contributed by atoms with van der Waals surface area (Å²) in [7, 11) is 0. The number of nitrogens with zero attached hydrogens (tertiary/aromatic N) is 1. The first kappa shape index (κ1) is 22.4. The molecule has 0 bridgehead atoms. The second-order valence-electron chi connectivity index (χ2n) is 6.75. The molecule has 1 aliphatic heterocycles. The van der Waals surface area contributed by atoms with Gasteiger partial charge in [-0.3, -0.25) is 9.59 Å². The summed E-state index contributed by atoms with van der Waals surface area (Å²) in [6.07, 6.45) is 2.72. The molecule has 3 N–H and O–H groups in total. The van der Waals surface area contributed by atoms with Crippen molar-refractivity contribution in [2.75, 3.05) is 25.0 Å². The number of carbonyl (C=O) groups excluding carboxylic acids is 2. The largest absolute Gasteiger partial charge is 0.342 e. The number of piperidine rings is 1. The van der Waals surface area contributed by atoms with Crippen molar-refractivity contribution in [3.8, 4) is 0 Å². The van der Waals surface area contributed by atoms with Crippen molar-refractivity contribution in [2.24, 2.45) is 17.1 Å². The van der Waals surface area contributed by atoms with Crippen LogP contribution < -0.4 is 11.1 Å². The minimum atomic E-state index is -0.483. The Kier molecular flexibility index (Phi) is 8.50. The van der Waals surface area contributed by atoms with Crippen LogP contribution >= 0.6 is 12.4 Å². The molecule has 0 unspecified atom stereocenters.